The van der Waals surface area contributed by atoms with Gasteiger partial charge in [-0.2, -0.15) is 0 Å². The highest BCUT2D eigenvalue weighted by Crippen LogP contribution is 2.37. The third kappa shape index (κ3) is 6.78. The van der Waals surface area contributed by atoms with E-state index in [9.17, 15) is 47.9 Å². The lowest BCUT2D eigenvalue weighted by molar-refractivity contribution is -0.138. The number of piperidine rings is 3. The Hall–Kier alpha value is -7.70. The maximum absolute atomic E-state index is 12.6. The van der Waals surface area contributed by atoms with Gasteiger partial charge in [0.15, 0.2) is 0 Å². The minimum Gasteiger partial charge on any atom is -0.398 e. The first-order valence-corrected chi connectivity index (χ1v) is 18.8. The second-order valence-corrected chi connectivity index (χ2v) is 15.0. The van der Waals surface area contributed by atoms with Crippen LogP contribution in [0.5, 0.6) is 0 Å². The maximum atomic E-state index is 12.6. The number of nitrogen functional groups attached to an aromatic ring is 3. The second kappa shape index (κ2) is 15.2. The summed E-state index contributed by atoms with van der Waals surface area (Å²) in [4.78, 5) is 124. The Morgan fingerprint density at radius 2 is 1.12 bits per heavy atom. The van der Waals surface area contributed by atoms with Crippen LogP contribution in [0.3, 0.4) is 0 Å². The third-order valence-corrected chi connectivity index (χ3v) is 11.3. The second-order valence-electron chi connectivity index (χ2n) is 15.0. The first-order chi connectivity index (χ1) is 28.4. The van der Waals surface area contributed by atoms with Crippen molar-refractivity contribution in [1.82, 2.24) is 30.7 Å². The van der Waals surface area contributed by atoms with Crippen molar-refractivity contribution in [3.63, 3.8) is 0 Å². The van der Waals surface area contributed by atoms with Gasteiger partial charge in [0.25, 0.3) is 29.5 Å². The molecule has 0 aliphatic carbocycles. The number of carbonyl (C=O) groups is 10. The van der Waals surface area contributed by atoms with E-state index in [0.717, 1.165) is 15.4 Å². The molecule has 0 radical (unpaired) electrons. The lowest BCUT2D eigenvalue weighted by Crippen LogP contribution is -2.60. The third-order valence-electron chi connectivity index (χ3n) is 11.3. The minimum atomic E-state index is -1.22. The molecule has 19 heteroatoms. The molecule has 3 aromatic rings. The monoisotopic (exact) mass is 817 g/mol. The van der Waals surface area contributed by atoms with E-state index in [2.05, 4.69) is 22.5 Å². The lowest BCUT2D eigenvalue weighted by Gasteiger charge is -2.39. The largest absolute Gasteiger partial charge is 0.398 e. The van der Waals surface area contributed by atoms with Crippen LogP contribution in [0.2, 0.25) is 0 Å². The predicted octanol–water partition coefficient (Wildman–Crippen LogP) is 0.747. The van der Waals surface area contributed by atoms with Crippen LogP contribution >= 0.6 is 0 Å². The Bertz CT molecular complexity index is 2520. The minimum absolute atomic E-state index is 0.0965. The van der Waals surface area contributed by atoms with Crippen molar-refractivity contribution in [1.29, 1.82) is 0 Å². The number of hydrogen-bond donors (Lipinski definition) is 6. The molecular formula is C41H39N9O10. The average molecular weight is 818 g/mol. The molecule has 0 aromatic heterocycles. The van der Waals surface area contributed by atoms with Gasteiger partial charge in [-0.3, -0.25) is 68.4 Å². The Balaban J connectivity index is 0.000000136. The number of nitrogens with zero attached hydrogens (tertiary/aromatic N) is 3. The molecule has 9 rings (SSSR count). The first kappa shape index (κ1) is 40.5. The van der Waals surface area contributed by atoms with Gasteiger partial charge in [0.05, 0.1) is 22.3 Å². The normalized spacial score (nSPS) is 23.2. The zero-order valence-electron chi connectivity index (χ0n) is 32.2. The van der Waals surface area contributed by atoms with Crippen LogP contribution in [-0.4, -0.2) is 91.4 Å². The van der Waals surface area contributed by atoms with E-state index in [1.807, 2.05) is 0 Å². The standard InChI is InChI=1S/C15H15N3O3.C13H11N3O4.C13H13N3O3/c1-8-6-7-15(2,14(21)17-8)18-12(19)9-4-3-5-10(16)11(9)13(18)20;14-7-3-1-2-6-10(7)13(20)16(12(6)19)8-4-5-9(17)15-11(8)18;14-9-3-1-2-7-8(9)6-16(13(7)19)10-4-5-11(17)15-12(10)18/h3-5H,1,6-7,16H2,2H3,(H,17,21);1-3,8H,4-5,14H2,(H,15,17,18);1-3,10H,4-6,14H2,(H,15,17,18). The summed E-state index contributed by atoms with van der Waals surface area (Å²) in [6.45, 7) is 5.62. The molecule has 3 fully saturated rings. The topological polar surface area (TPSA) is 295 Å². The number of imide groups is 4. The summed E-state index contributed by atoms with van der Waals surface area (Å²) in [6, 6.07) is 13.0. The first-order valence-electron chi connectivity index (χ1n) is 18.8. The zero-order chi connectivity index (χ0) is 43.4. The summed E-state index contributed by atoms with van der Waals surface area (Å²) in [6.07, 6.45) is 1.72. The number of hydrogen-bond acceptors (Lipinski definition) is 13. The molecule has 0 saturated carbocycles. The maximum Gasteiger partial charge on any atom is 0.264 e. The van der Waals surface area contributed by atoms with E-state index in [1.165, 1.54) is 17.0 Å². The Morgan fingerprint density at radius 1 is 0.600 bits per heavy atom. The van der Waals surface area contributed by atoms with Crippen LogP contribution in [0.15, 0.2) is 66.9 Å². The van der Waals surface area contributed by atoms with E-state index in [4.69, 9.17) is 17.2 Å². The molecule has 308 valence electrons. The molecule has 6 heterocycles. The summed E-state index contributed by atoms with van der Waals surface area (Å²) in [5.41, 5.74) is 19.8. The van der Waals surface area contributed by atoms with Crippen molar-refractivity contribution >= 4 is 76.1 Å². The number of nitrogens with one attached hydrogen (secondary N) is 3. The SMILES string of the molecule is C=C1CCC(C)(N2C(=O)c3cccc(N)c3C2=O)C(=O)N1.Nc1cccc2c1C(=O)N(C1CCC(=O)NC1=O)C2=O.Nc1cccc2c1CN(C1CCC(=O)NC1=O)C2=O. The van der Waals surface area contributed by atoms with Crippen molar-refractivity contribution in [2.45, 2.75) is 69.6 Å². The van der Waals surface area contributed by atoms with Crippen molar-refractivity contribution in [3.8, 4) is 0 Å². The Morgan fingerprint density at radius 3 is 1.63 bits per heavy atom. The fourth-order valence-corrected chi connectivity index (χ4v) is 7.99. The lowest BCUT2D eigenvalue weighted by atomic mass is 9.88. The highest BCUT2D eigenvalue weighted by molar-refractivity contribution is 6.26. The zero-order valence-corrected chi connectivity index (χ0v) is 32.2. The van der Waals surface area contributed by atoms with Crippen LogP contribution in [0.4, 0.5) is 17.1 Å². The van der Waals surface area contributed by atoms with Crippen LogP contribution in [0.1, 0.15) is 103 Å². The summed E-state index contributed by atoms with van der Waals surface area (Å²) in [5, 5.41) is 7.02. The van der Waals surface area contributed by atoms with Gasteiger partial charge in [0.1, 0.15) is 17.6 Å². The number of anilines is 3. The van der Waals surface area contributed by atoms with E-state index in [1.54, 1.807) is 49.4 Å². The van der Waals surface area contributed by atoms with Crippen molar-refractivity contribution < 1.29 is 47.9 Å². The molecule has 19 nitrogen and oxygen atoms in total. The van der Waals surface area contributed by atoms with Crippen molar-refractivity contribution in [3.05, 3.63) is 100 Å². The molecule has 3 saturated heterocycles. The molecular weight excluding hydrogens is 779 g/mol. The molecule has 6 aliphatic rings. The van der Waals surface area contributed by atoms with Gasteiger partial charge in [-0.1, -0.05) is 24.8 Å². The number of carbonyl (C=O) groups excluding carboxylic acids is 10. The van der Waals surface area contributed by atoms with Gasteiger partial charge in [-0.05, 0) is 69.0 Å². The summed E-state index contributed by atoms with van der Waals surface area (Å²) in [7, 11) is 0. The van der Waals surface area contributed by atoms with Crippen molar-refractivity contribution in [2.75, 3.05) is 17.2 Å². The molecule has 6 aliphatic heterocycles. The van der Waals surface area contributed by atoms with Gasteiger partial charge in [-0.15, -0.1) is 0 Å². The van der Waals surface area contributed by atoms with E-state index in [0.29, 0.717) is 42.8 Å². The number of allylic oxidation sites excluding steroid dienone is 1. The average Bonchev–Trinajstić information content (AvgIpc) is 3.77. The summed E-state index contributed by atoms with van der Waals surface area (Å²) in [5.74, 6) is -4.45. The van der Waals surface area contributed by atoms with Crippen LogP contribution in [0.25, 0.3) is 0 Å². The number of amides is 10. The van der Waals surface area contributed by atoms with Crippen molar-refractivity contribution in [2.24, 2.45) is 0 Å². The quantitative estimate of drug-likeness (QED) is 0.157. The van der Waals surface area contributed by atoms with Gasteiger partial charge in [0, 0.05) is 53.3 Å². The molecule has 10 amide bonds. The predicted molar refractivity (Wildman–Crippen MR) is 211 cm³/mol. The molecule has 3 atom stereocenters. The van der Waals surface area contributed by atoms with Gasteiger partial charge in [-0.25, -0.2) is 0 Å². The van der Waals surface area contributed by atoms with Gasteiger partial charge >= 0.3 is 0 Å². The fourth-order valence-electron chi connectivity index (χ4n) is 7.99. The molecule has 9 N–H and O–H groups in total. The highest BCUT2D eigenvalue weighted by Gasteiger charge is 2.52. The van der Waals surface area contributed by atoms with Crippen LogP contribution < -0.4 is 33.2 Å². The number of benzene rings is 3. The molecule has 3 aromatic carbocycles. The molecule has 60 heavy (non-hydrogen) atoms. The van der Waals surface area contributed by atoms with E-state index < -0.39 is 64.9 Å². The fraction of sp³-hybridized carbons (Fsp3) is 0.268. The number of nitrogens with two attached hydrogens (primary N) is 3. The number of fused-ring (bicyclic) bond motifs is 3. The summed E-state index contributed by atoms with van der Waals surface area (Å²) < 4.78 is 0. The molecule has 3 unspecified atom stereocenters. The van der Waals surface area contributed by atoms with Crippen LogP contribution in [0, 0.1) is 0 Å². The molecule has 0 bridgehead atoms. The highest BCUT2D eigenvalue weighted by atomic mass is 16.2. The van der Waals surface area contributed by atoms with Crippen LogP contribution in [-0.2, 0) is 30.5 Å². The Labute approximate surface area is 341 Å². The van der Waals surface area contributed by atoms with Gasteiger partial charge in [0.2, 0.25) is 29.5 Å². The Kier molecular flexibility index (Phi) is 10.3. The summed E-state index contributed by atoms with van der Waals surface area (Å²) >= 11 is 0. The smallest absolute Gasteiger partial charge is 0.264 e. The van der Waals surface area contributed by atoms with E-state index >= 15 is 0 Å². The molecule has 0 spiro atoms. The number of rotatable bonds is 3. The van der Waals surface area contributed by atoms with Gasteiger partial charge < -0.3 is 27.4 Å². The van der Waals surface area contributed by atoms with E-state index in [-0.39, 0.29) is 64.7 Å².